The Bertz CT molecular complexity index is 530. The Labute approximate surface area is 127 Å². The second kappa shape index (κ2) is 5.86. The lowest BCUT2D eigenvalue weighted by Gasteiger charge is -2.16. The fourth-order valence-corrected chi connectivity index (χ4v) is 3.30. The molecule has 0 bridgehead atoms. The third kappa shape index (κ3) is 2.94. The summed E-state index contributed by atoms with van der Waals surface area (Å²) in [6.07, 6.45) is 0. The second-order valence-corrected chi connectivity index (χ2v) is 6.33. The van der Waals surface area contributed by atoms with Crippen LogP contribution in [0, 0.1) is 3.57 Å². The van der Waals surface area contributed by atoms with Gasteiger partial charge in [-0.05, 0) is 51.7 Å². The molecule has 0 spiro atoms. The molecule has 1 heterocycles. The van der Waals surface area contributed by atoms with Gasteiger partial charge >= 0.3 is 0 Å². The summed E-state index contributed by atoms with van der Waals surface area (Å²) in [5.41, 5.74) is 3.78. The fourth-order valence-electron chi connectivity index (χ4n) is 1.53. The zero-order valence-electron chi connectivity index (χ0n) is 8.58. The summed E-state index contributed by atoms with van der Waals surface area (Å²) >= 11 is 16.0. The van der Waals surface area contributed by atoms with E-state index < -0.39 is 0 Å². The Morgan fingerprint density at radius 2 is 2.00 bits per heavy atom. The molecular formula is C11H9Cl2IN2S. The maximum atomic E-state index is 6.11. The number of nitrogens with two attached hydrogens (primary N) is 1. The van der Waals surface area contributed by atoms with Crippen LogP contribution in [0.15, 0.2) is 29.6 Å². The molecule has 90 valence electrons. The second-order valence-electron chi connectivity index (χ2n) is 3.41. The SMILES string of the molecule is NNC(c1ccc(I)c(Cl)c1)c1sccc1Cl. The molecule has 0 amide bonds. The summed E-state index contributed by atoms with van der Waals surface area (Å²) in [4.78, 5) is 0.992. The average Bonchev–Trinajstić information content (AvgIpc) is 2.71. The summed E-state index contributed by atoms with van der Waals surface area (Å²) in [5.74, 6) is 5.61. The fraction of sp³-hybridized carbons (Fsp3) is 0.0909. The third-order valence-corrected chi connectivity index (χ3v) is 5.35. The molecule has 6 heteroatoms. The van der Waals surface area contributed by atoms with Crippen molar-refractivity contribution in [3.63, 3.8) is 0 Å². The normalized spacial score (nSPS) is 12.7. The maximum absolute atomic E-state index is 6.11. The smallest absolute Gasteiger partial charge is 0.0818 e. The monoisotopic (exact) mass is 398 g/mol. The molecule has 2 rings (SSSR count). The van der Waals surface area contributed by atoms with Crippen molar-refractivity contribution >= 4 is 57.1 Å². The Balaban J connectivity index is 2.42. The van der Waals surface area contributed by atoms with Gasteiger partial charge in [-0.1, -0.05) is 29.3 Å². The molecule has 0 aliphatic rings. The largest absolute Gasteiger partial charge is 0.271 e. The first-order valence-electron chi connectivity index (χ1n) is 4.77. The molecule has 0 aliphatic heterocycles. The van der Waals surface area contributed by atoms with Crippen LogP contribution in [-0.2, 0) is 0 Å². The van der Waals surface area contributed by atoms with Gasteiger partial charge in [-0.15, -0.1) is 11.3 Å². The van der Waals surface area contributed by atoms with Crippen molar-refractivity contribution in [2.75, 3.05) is 0 Å². The summed E-state index contributed by atoms with van der Waals surface area (Å²) in [7, 11) is 0. The van der Waals surface area contributed by atoms with Gasteiger partial charge in [0, 0.05) is 8.45 Å². The highest BCUT2D eigenvalue weighted by Crippen LogP contribution is 2.34. The lowest BCUT2D eigenvalue weighted by molar-refractivity contribution is 0.646. The van der Waals surface area contributed by atoms with Crippen molar-refractivity contribution in [2.24, 2.45) is 5.84 Å². The average molecular weight is 399 g/mol. The first kappa shape index (κ1) is 13.6. The molecule has 1 aromatic carbocycles. The number of thiophene rings is 1. The van der Waals surface area contributed by atoms with Gasteiger partial charge in [-0.2, -0.15) is 0 Å². The van der Waals surface area contributed by atoms with Crippen LogP contribution >= 0.6 is 57.1 Å². The standard InChI is InChI=1S/C11H9Cl2IN2S/c12-7-3-4-17-11(7)10(16-15)6-1-2-9(14)8(13)5-6/h1-5,10,16H,15H2. The van der Waals surface area contributed by atoms with Crippen LogP contribution in [0.1, 0.15) is 16.5 Å². The molecule has 3 N–H and O–H groups in total. The quantitative estimate of drug-likeness (QED) is 0.461. The number of rotatable bonds is 3. The molecule has 2 aromatic rings. The number of halogens is 3. The van der Waals surface area contributed by atoms with Gasteiger partial charge in [0.05, 0.1) is 16.1 Å². The summed E-state index contributed by atoms with van der Waals surface area (Å²) in [6.45, 7) is 0. The zero-order valence-corrected chi connectivity index (χ0v) is 13.1. The maximum Gasteiger partial charge on any atom is 0.0818 e. The lowest BCUT2D eigenvalue weighted by Crippen LogP contribution is -2.28. The highest BCUT2D eigenvalue weighted by atomic mass is 127. The van der Waals surface area contributed by atoms with Crippen molar-refractivity contribution in [3.05, 3.63) is 53.7 Å². The first-order valence-corrected chi connectivity index (χ1v) is 7.49. The molecule has 0 radical (unpaired) electrons. The summed E-state index contributed by atoms with van der Waals surface area (Å²) < 4.78 is 1.01. The molecule has 2 nitrogen and oxygen atoms in total. The number of hydrogen-bond donors (Lipinski definition) is 2. The van der Waals surface area contributed by atoms with Crippen LogP contribution in [0.3, 0.4) is 0 Å². The molecule has 17 heavy (non-hydrogen) atoms. The zero-order chi connectivity index (χ0) is 12.4. The summed E-state index contributed by atoms with van der Waals surface area (Å²) in [6, 6.07) is 7.60. The Morgan fingerprint density at radius 3 is 2.53 bits per heavy atom. The molecule has 0 fully saturated rings. The Hall–Kier alpha value is 0.150. The highest BCUT2D eigenvalue weighted by molar-refractivity contribution is 14.1. The van der Waals surface area contributed by atoms with E-state index in [1.165, 1.54) is 0 Å². The van der Waals surface area contributed by atoms with Gasteiger partial charge < -0.3 is 0 Å². The number of hydrogen-bond acceptors (Lipinski definition) is 3. The summed E-state index contributed by atoms with van der Waals surface area (Å²) in [5, 5.41) is 3.37. The van der Waals surface area contributed by atoms with E-state index in [4.69, 9.17) is 29.0 Å². The van der Waals surface area contributed by atoms with Crippen molar-refractivity contribution in [1.29, 1.82) is 0 Å². The van der Waals surface area contributed by atoms with Crippen LogP contribution in [0.25, 0.3) is 0 Å². The van der Waals surface area contributed by atoms with Gasteiger partial charge in [0.15, 0.2) is 0 Å². The van der Waals surface area contributed by atoms with Gasteiger partial charge in [-0.25, -0.2) is 5.43 Å². The first-order chi connectivity index (χ1) is 8.13. The van der Waals surface area contributed by atoms with Crippen LogP contribution in [0.5, 0.6) is 0 Å². The molecular weight excluding hydrogens is 390 g/mol. The molecule has 0 saturated carbocycles. The van der Waals surface area contributed by atoms with Crippen molar-refractivity contribution < 1.29 is 0 Å². The van der Waals surface area contributed by atoms with Crippen molar-refractivity contribution in [1.82, 2.24) is 5.43 Å². The lowest BCUT2D eigenvalue weighted by atomic mass is 10.1. The van der Waals surface area contributed by atoms with Gasteiger partial charge in [-0.3, -0.25) is 5.84 Å². The third-order valence-electron chi connectivity index (χ3n) is 2.35. The van der Waals surface area contributed by atoms with Crippen molar-refractivity contribution in [3.8, 4) is 0 Å². The molecule has 0 aliphatic carbocycles. The van der Waals surface area contributed by atoms with Crippen LogP contribution in [0.4, 0.5) is 0 Å². The molecule has 1 atom stereocenters. The van der Waals surface area contributed by atoms with E-state index in [0.717, 1.165) is 19.0 Å². The van der Waals surface area contributed by atoms with E-state index in [-0.39, 0.29) is 6.04 Å². The van der Waals surface area contributed by atoms with Crippen LogP contribution in [-0.4, -0.2) is 0 Å². The number of benzene rings is 1. The van der Waals surface area contributed by atoms with Gasteiger partial charge in [0.1, 0.15) is 0 Å². The van der Waals surface area contributed by atoms with E-state index in [0.29, 0.717) is 5.02 Å². The van der Waals surface area contributed by atoms with E-state index in [2.05, 4.69) is 28.0 Å². The molecule has 1 aromatic heterocycles. The van der Waals surface area contributed by atoms with Crippen molar-refractivity contribution in [2.45, 2.75) is 6.04 Å². The van der Waals surface area contributed by atoms with E-state index in [1.807, 2.05) is 29.6 Å². The Morgan fingerprint density at radius 1 is 1.24 bits per heavy atom. The highest BCUT2D eigenvalue weighted by Gasteiger charge is 2.17. The number of hydrazine groups is 1. The van der Waals surface area contributed by atoms with Crippen LogP contribution in [0.2, 0.25) is 10.0 Å². The van der Waals surface area contributed by atoms with Gasteiger partial charge in [0.25, 0.3) is 0 Å². The minimum atomic E-state index is -0.128. The minimum absolute atomic E-state index is 0.128. The topological polar surface area (TPSA) is 38.0 Å². The number of nitrogens with one attached hydrogen (secondary N) is 1. The van der Waals surface area contributed by atoms with E-state index >= 15 is 0 Å². The van der Waals surface area contributed by atoms with Gasteiger partial charge in [0.2, 0.25) is 0 Å². The Kier molecular flexibility index (Phi) is 4.68. The van der Waals surface area contributed by atoms with Crippen LogP contribution < -0.4 is 11.3 Å². The van der Waals surface area contributed by atoms with E-state index in [9.17, 15) is 0 Å². The minimum Gasteiger partial charge on any atom is -0.271 e. The molecule has 1 unspecified atom stereocenters. The van der Waals surface area contributed by atoms with E-state index in [1.54, 1.807) is 11.3 Å². The predicted molar refractivity (Wildman–Crippen MR) is 82.7 cm³/mol. The predicted octanol–water partition coefficient (Wildman–Crippen LogP) is 4.21. The molecule has 0 saturated heterocycles.